The maximum Gasteiger partial charge on any atom is 0.344 e. The Morgan fingerprint density at radius 2 is 1.71 bits per heavy atom. The van der Waals surface area contributed by atoms with Crippen molar-refractivity contribution in [2.45, 2.75) is 0 Å². The number of hydrogen-bond donors (Lipinski definition) is 0. The molecule has 0 bridgehead atoms. The number of piperazine rings is 1. The first-order valence-electron chi connectivity index (χ1n) is 8.83. The third kappa shape index (κ3) is 5.87. The number of amides is 1. The topological polar surface area (TPSA) is 59.1 Å². The second-order valence-corrected chi connectivity index (χ2v) is 7.60. The molecule has 2 aromatic carbocycles. The first kappa shape index (κ1) is 20.5. The van der Waals surface area contributed by atoms with Crippen molar-refractivity contribution in [1.82, 2.24) is 4.90 Å². The lowest BCUT2D eigenvalue weighted by Crippen LogP contribution is -2.50. The van der Waals surface area contributed by atoms with Crippen molar-refractivity contribution in [3.05, 3.63) is 58.0 Å². The van der Waals surface area contributed by atoms with Gasteiger partial charge < -0.3 is 19.3 Å². The highest BCUT2D eigenvalue weighted by atomic mass is 79.9. The SMILES string of the molecule is O=C(COc1ccc(Br)cc1)OCC(=O)N1CCN(c2cccc(Cl)c2)CC1. The Morgan fingerprint density at radius 1 is 1.00 bits per heavy atom. The van der Waals surface area contributed by atoms with Gasteiger partial charge in [0, 0.05) is 41.4 Å². The quantitative estimate of drug-likeness (QED) is 0.610. The number of benzene rings is 2. The molecule has 1 heterocycles. The Balaban J connectivity index is 1.38. The second-order valence-electron chi connectivity index (χ2n) is 6.25. The number of ether oxygens (including phenoxy) is 2. The van der Waals surface area contributed by atoms with Gasteiger partial charge in [-0.15, -0.1) is 0 Å². The fourth-order valence-electron chi connectivity index (χ4n) is 2.84. The third-order valence-electron chi connectivity index (χ3n) is 4.33. The van der Waals surface area contributed by atoms with Gasteiger partial charge in [0.15, 0.2) is 13.2 Å². The summed E-state index contributed by atoms with van der Waals surface area (Å²) >= 11 is 9.36. The minimum Gasteiger partial charge on any atom is -0.482 e. The van der Waals surface area contributed by atoms with Gasteiger partial charge in [0.1, 0.15) is 5.75 Å². The van der Waals surface area contributed by atoms with Crippen molar-refractivity contribution in [3.63, 3.8) is 0 Å². The van der Waals surface area contributed by atoms with Gasteiger partial charge in [-0.25, -0.2) is 4.79 Å². The second kappa shape index (κ2) is 9.80. The van der Waals surface area contributed by atoms with Gasteiger partial charge in [0.2, 0.25) is 0 Å². The van der Waals surface area contributed by atoms with Gasteiger partial charge in [0.25, 0.3) is 5.91 Å². The molecular formula is C20H20BrClN2O4. The molecule has 2 aromatic rings. The molecular weight excluding hydrogens is 448 g/mol. The van der Waals surface area contributed by atoms with E-state index in [1.54, 1.807) is 17.0 Å². The Morgan fingerprint density at radius 3 is 2.39 bits per heavy atom. The zero-order valence-electron chi connectivity index (χ0n) is 15.1. The molecule has 0 aromatic heterocycles. The maximum atomic E-state index is 12.3. The molecule has 0 atom stereocenters. The molecule has 1 aliphatic rings. The Labute approximate surface area is 177 Å². The highest BCUT2D eigenvalue weighted by Crippen LogP contribution is 2.21. The molecule has 0 aliphatic carbocycles. The van der Waals surface area contributed by atoms with E-state index in [1.807, 2.05) is 36.4 Å². The number of esters is 1. The van der Waals surface area contributed by atoms with E-state index in [1.165, 1.54) is 0 Å². The van der Waals surface area contributed by atoms with Gasteiger partial charge in [-0.05, 0) is 42.5 Å². The summed E-state index contributed by atoms with van der Waals surface area (Å²) in [5, 5.41) is 0.688. The number of nitrogens with zero attached hydrogens (tertiary/aromatic N) is 2. The van der Waals surface area contributed by atoms with E-state index in [4.69, 9.17) is 21.1 Å². The molecule has 1 amide bonds. The van der Waals surface area contributed by atoms with Gasteiger partial charge >= 0.3 is 5.97 Å². The average molecular weight is 468 g/mol. The van der Waals surface area contributed by atoms with Gasteiger partial charge in [0.05, 0.1) is 0 Å². The van der Waals surface area contributed by atoms with Crippen molar-refractivity contribution in [2.24, 2.45) is 0 Å². The highest BCUT2D eigenvalue weighted by molar-refractivity contribution is 9.10. The number of halogens is 2. The summed E-state index contributed by atoms with van der Waals surface area (Å²) in [5.74, 6) is -0.222. The van der Waals surface area contributed by atoms with E-state index < -0.39 is 5.97 Å². The predicted molar refractivity (Wildman–Crippen MR) is 111 cm³/mol. The minimum atomic E-state index is -0.575. The van der Waals surface area contributed by atoms with Gasteiger partial charge in [-0.3, -0.25) is 4.79 Å². The number of carbonyl (C=O) groups excluding carboxylic acids is 2. The van der Waals surface area contributed by atoms with Crippen LogP contribution in [0.25, 0.3) is 0 Å². The lowest BCUT2D eigenvalue weighted by Gasteiger charge is -2.36. The summed E-state index contributed by atoms with van der Waals surface area (Å²) in [6, 6.07) is 14.7. The third-order valence-corrected chi connectivity index (χ3v) is 5.10. The molecule has 0 saturated carbocycles. The summed E-state index contributed by atoms with van der Waals surface area (Å²) in [5.41, 5.74) is 1.04. The smallest absolute Gasteiger partial charge is 0.344 e. The Bertz CT molecular complexity index is 823. The molecule has 0 radical (unpaired) electrons. The lowest BCUT2D eigenvalue weighted by atomic mass is 10.2. The Kier molecular flexibility index (Phi) is 7.17. The van der Waals surface area contributed by atoms with Crippen LogP contribution in [0.15, 0.2) is 53.0 Å². The summed E-state index contributed by atoms with van der Waals surface area (Å²) in [7, 11) is 0. The predicted octanol–water partition coefficient (Wildman–Crippen LogP) is 3.37. The number of carbonyl (C=O) groups is 2. The van der Waals surface area contributed by atoms with Crippen molar-refractivity contribution in [1.29, 1.82) is 0 Å². The molecule has 6 nitrogen and oxygen atoms in total. The standard InChI is InChI=1S/C20H20BrClN2O4/c21-15-4-6-18(7-5-15)27-14-20(26)28-13-19(25)24-10-8-23(9-11-24)17-3-1-2-16(22)12-17/h1-7,12H,8-11,13-14H2. The number of hydrogen-bond acceptors (Lipinski definition) is 5. The molecule has 28 heavy (non-hydrogen) atoms. The largest absolute Gasteiger partial charge is 0.482 e. The molecule has 1 saturated heterocycles. The average Bonchev–Trinajstić information content (AvgIpc) is 2.71. The monoisotopic (exact) mass is 466 g/mol. The highest BCUT2D eigenvalue weighted by Gasteiger charge is 2.22. The molecule has 1 aliphatic heterocycles. The van der Waals surface area contributed by atoms with E-state index in [0.29, 0.717) is 37.0 Å². The van der Waals surface area contributed by atoms with E-state index in [0.717, 1.165) is 10.2 Å². The van der Waals surface area contributed by atoms with Crippen LogP contribution in [0.2, 0.25) is 5.02 Å². The van der Waals surface area contributed by atoms with Crippen molar-refractivity contribution in [3.8, 4) is 5.75 Å². The van der Waals surface area contributed by atoms with E-state index >= 15 is 0 Å². The van der Waals surface area contributed by atoms with Gasteiger partial charge in [-0.1, -0.05) is 33.6 Å². The van der Waals surface area contributed by atoms with Crippen LogP contribution in [-0.2, 0) is 14.3 Å². The van der Waals surface area contributed by atoms with Crippen molar-refractivity contribution in [2.75, 3.05) is 44.3 Å². The summed E-state index contributed by atoms with van der Waals surface area (Å²) in [6.07, 6.45) is 0. The molecule has 1 fully saturated rings. The summed E-state index contributed by atoms with van der Waals surface area (Å²) in [6.45, 7) is 2.02. The van der Waals surface area contributed by atoms with Crippen LogP contribution < -0.4 is 9.64 Å². The van der Waals surface area contributed by atoms with Crippen LogP contribution >= 0.6 is 27.5 Å². The molecule has 0 unspecified atom stereocenters. The molecule has 8 heteroatoms. The van der Waals surface area contributed by atoms with E-state index in [9.17, 15) is 9.59 Å². The lowest BCUT2D eigenvalue weighted by molar-refractivity contribution is -0.153. The fraction of sp³-hybridized carbons (Fsp3) is 0.300. The van der Waals surface area contributed by atoms with Crippen LogP contribution in [0.5, 0.6) is 5.75 Å². The first-order valence-corrected chi connectivity index (χ1v) is 10.0. The normalized spacial score (nSPS) is 13.9. The van der Waals surface area contributed by atoms with Gasteiger partial charge in [-0.2, -0.15) is 0 Å². The molecule has 3 rings (SSSR count). The maximum absolute atomic E-state index is 12.3. The molecule has 0 N–H and O–H groups in total. The summed E-state index contributed by atoms with van der Waals surface area (Å²) in [4.78, 5) is 27.9. The van der Waals surface area contributed by atoms with Crippen LogP contribution in [0.3, 0.4) is 0 Å². The van der Waals surface area contributed by atoms with Crippen LogP contribution in [0.1, 0.15) is 0 Å². The molecule has 148 valence electrons. The number of rotatable bonds is 6. The zero-order chi connectivity index (χ0) is 19.9. The first-order chi connectivity index (χ1) is 13.5. The van der Waals surface area contributed by atoms with Crippen LogP contribution in [0.4, 0.5) is 5.69 Å². The van der Waals surface area contributed by atoms with Crippen LogP contribution in [0, 0.1) is 0 Å². The zero-order valence-corrected chi connectivity index (χ0v) is 17.5. The Hall–Kier alpha value is -2.25. The fourth-order valence-corrected chi connectivity index (χ4v) is 3.28. The number of anilines is 1. The van der Waals surface area contributed by atoms with Crippen molar-refractivity contribution < 1.29 is 19.1 Å². The van der Waals surface area contributed by atoms with Crippen molar-refractivity contribution >= 4 is 45.1 Å². The minimum absolute atomic E-state index is 0.206. The van der Waals surface area contributed by atoms with E-state index in [-0.39, 0.29) is 19.1 Å². The summed E-state index contributed by atoms with van der Waals surface area (Å²) < 4.78 is 11.3. The van der Waals surface area contributed by atoms with E-state index in [2.05, 4.69) is 20.8 Å². The molecule has 0 spiro atoms. The van der Waals surface area contributed by atoms with Crippen LogP contribution in [-0.4, -0.2) is 56.2 Å².